The molecule has 0 N–H and O–H groups in total. The Hall–Kier alpha value is -7.82. The van der Waals surface area contributed by atoms with E-state index in [0.717, 1.165) is 11.4 Å². The van der Waals surface area contributed by atoms with Crippen molar-refractivity contribution in [2.24, 2.45) is 0 Å². The van der Waals surface area contributed by atoms with Crippen LogP contribution in [0.5, 0.6) is 0 Å². The van der Waals surface area contributed by atoms with E-state index in [4.69, 9.17) is 0 Å². The number of rotatable bonds is 4. The van der Waals surface area contributed by atoms with Crippen LogP contribution in [0.15, 0.2) is 206 Å². The fourth-order valence-electron chi connectivity index (χ4n) is 10.1. The second-order valence-corrected chi connectivity index (χ2v) is 15.3. The van der Waals surface area contributed by atoms with E-state index in [1.54, 1.807) is 0 Å². The lowest BCUT2D eigenvalue weighted by molar-refractivity contribution is 1.13. The summed E-state index contributed by atoms with van der Waals surface area (Å²) < 4.78 is 9.80. The van der Waals surface area contributed by atoms with Crippen LogP contribution < -0.4 is 0 Å². The molecule has 0 atom stereocenters. The van der Waals surface area contributed by atoms with Gasteiger partial charge < -0.3 is 18.3 Å². The molecule has 0 aliphatic rings. The number of nitrogens with zero attached hydrogens (tertiary/aromatic N) is 4. The maximum atomic E-state index is 2.45. The molecule has 13 aromatic rings. The first-order valence-corrected chi connectivity index (χ1v) is 20.0. The second kappa shape index (κ2) is 11.8. The zero-order valence-electron chi connectivity index (χ0n) is 31.4. The molecule has 13 rings (SSSR count). The molecule has 4 nitrogen and oxygen atoms in total. The van der Waals surface area contributed by atoms with E-state index in [1.165, 1.54) is 98.6 Å². The van der Waals surface area contributed by atoms with Crippen LogP contribution in [0.2, 0.25) is 0 Å². The first-order valence-electron chi connectivity index (χ1n) is 20.0. The minimum Gasteiger partial charge on any atom is -0.309 e. The molecule has 0 radical (unpaired) electrons. The molecule has 0 unspecified atom stereocenters. The van der Waals surface area contributed by atoms with Gasteiger partial charge in [0.15, 0.2) is 0 Å². The molecule has 0 bridgehead atoms. The summed E-state index contributed by atoms with van der Waals surface area (Å²) in [6.07, 6.45) is 0. The Morgan fingerprint density at radius 2 is 0.483 bits per heavy atom. The van der Waals surface area contributed by atoms with Crippen LogP contribution in [0, 0.1) is 0 Å². The molecule has 9 aromatic carbocycles. The van der Waals surface area contributed by atoms with Crippen LogP contribution >= 0.6 is 0 Å². The molecule has 0 saturated carbocycles. The van der Waals surface area contributed by atoms with Gasteiger partial charge in [0, 0.05) is 54.5 Å². The molecule has 0 aliphatic heterocycles. The number of benzene rings is 9. The van der Waals surface area contributed by atoms with Crippen molar-refractivity contribution < 1.29 is 0 Å². The molecule has 0 spiro atoms. The first kappa shape index (κ1) is 31.4. The summed E-state index contributed by atoms with van der Waals surface area (Å²) in [4.78, 5) is 0. The molecule has 4 heterocycles. The highest BCUT2D eigenvalue weighted by atomic mass is 15.0. The van der Waals surface area contributed by atoms with Gasteiger partial charge in [0.05, 0.1) is 55.5 Å². The van der Waals surface area contributed by atoms with Gasteiger partial charge in [0.1, 0.15) is 0 Å². The highest BCUT2D eigenvalue weighted by Gasteiger charge is 2.22. The molecule has 0 saturated heterocycles. The Morgan fingerprint density at radius 3 is 0.845 bits per heavy atom. The van der Waals surface area contributed by atoms with E-state index in [0.29, 0.717) is 0 Å². The normalized spacial score (nSPS) is 12.1. The van der Waals surface area contributed by atoms with E-state index in [1.807, 2.05) is 0 Å². The maximum absolute atomic E-state index is 2.45. The number of para-hydroxylation sites is 6. The average Bonchev–Trinajstić information content (AvgIpc) is 4.02. The smallest absolute Gasteiger partial charge is 0.0562 e. The molecule has 0 aliphatic carbocycles. The molecule has 0 fully saturated rings. The zero-order chi connectivity index (χ0) is 37.9. The third-order valence-corrected chi connectivity index (χ3v) is 12.3. The van der Waals surface area contributed by atoms with Crippen molar-refractivity contribution in [3.8, 4) is 22.7 Å². The van der Waals surface area contributed by atoms with Gasteiger partial charge in [0.2, 0.25) is 0 Å². The summed E-state index contributed by atoms with van der Waals surface area (Å²) in [7, 11) is 0. The fraction of sp³-hybridized carbons (Fsp3) is 0. The number of hydrogen-bond donors (Lipinski definition) is 0. The minimum absolute atomic E-state index is 1.12. The quantitative estimate of drug-likeness (QED) is 0.171. The molecule has 4 heteroatoms. The Kier molecular flexibility index (Phi) is 6.41. The van der Waals surface area contributed by atoms with Crippen molar-refractivity contribution in [2.75, 3.05) is 0 Å². The van der Waals surface area contributed by atoms with Gasteiger partial charge in [-0.3, -0.25) is 0 Å². The van der Waals surface area contributed by atoms with Gasteiger partial charge in [-0.05, 0) is 78.9 Å². The van der Waals surface area contributed by atoms with Crippen LogP contribution in [0.4, 0.5) is 0 Å². The van der Waals surface area contributed by atoms with E-state index in [9.17, 15) is 0 Å². The topological polar surface area (TPSA) is 19.7 Å². The van der Waals surface area contributed by atoms with Crippen molar-refractivity contribution in [2.45, 2.75) is 0 Å². The van der Waals surface area contributed by atoms with Crippen molar-refractivity contribution >= 4 is 87.2 Å². The van der Waals surface area contributed by atoms with Gasteiger partial charge in [0.25, 0.3) is 0 Å². The van der Waals surface area contributed by atoms with Crippen molar-refractivity contribution in [1.29, 1.82) is 0 Å². The predicted molar refractivity (Wildman–Crippen MR) is 244 cm³/mol. The number of aromatic nitrogens is 4. The monoisotopic (exact) mass is 738 g/mol. The summed E-state index contributed by atoms with van der Waals surface area (Å²) in [5.41, 5.74) is 14.1. The molecule has 0 amide bonds. The van der Waals surface area contributed by atoms with E-state index >= 15 is 0 Å². The highest BCUT2D eigenvalue weighted by molar-refractivity contribution is 6.18. The average molecular weight is 739 g/mol. The van der Waals surface area contributed by atoms with Crippen LogP contribution in [-0.2, 0) is 0 Å². The minimum atomic E-state index is 1.12. The molecule has 4 aromatic heterocycles. The first-order chi connectivity index (χ1) is 28.8. The van der Waals surface area contributed by atoms with Crippen molar-refractivity contribution in [3.63, 3.8) is 0 Å². The largest absolute Gasteiger partial charge is 0.309 e. The zero-order valence-corrected chi connectivity index (χ0v) is 31.4. The lowest BCUT2D eigenvalue weighted by Crippen LogP contribution is -1.99. The van der Waals surface area contributed by atoms with Crippen LogP contribution in [0.1, 0.15) is 0 Å². The third kappa shape index (κ3) is 4.18. The lowest BCUT2D eigenvalue weighted by Gasteiger charge is -2.14. The lowest BCUT2D eigenvalue weighted by atomic mass is 10.1. The van der Waals surface area contributed by atoms with Crippen LogP contribution in [-0.4, -0.2) is 18.3 Å². The van der Waals surface area contributed by atoms with E-state index < -0.39 is 0 Å². The summed E-state index contributed by atoms with van der Waals surface area (Å²) in [6.45, 7) is 0. The Bertz CT molecular complexity index is 3460. The fourth-order valence-corrected chi connectivity index (χ4v) is 10.1. The number of hydrogen-bond acceptors (Lipinski definition) is 0. The Balaban J connectivity index is 1.07. The van der Waals surface area contributed by atoms with Crippen LogP contribution in [0.25, 0.3) is 110 Å². The summed E-state index contributed by atoms with van der Waals surface area (Å²) in [5.74, 6) is 0. The third-order valence-electron chi connectivity index (χ3n) is 12.3. The van der Waals surface area contributed by atoms with Gasteiger partial charge in [-0.1, -0.05) is 127 Å². The molecular weight excluding hydrogens is 705 g/mol. The number of fused-ring (bicyclic) bond motifs is 12. The summed E-state index contributed by atoms with van der Waals surface area (Å²) in [6, 6.07) is 75.4. The van der Waals surface area contributed by atoms with Crippen molar-refractivity contribution in [1.82, 2.24) is 18.3 Å². The second-order valence-electron chi connectivity index (χ2n) is 15.3. The Labute approximate surface area is 333 Å². The SMILES string of the molecule is c1cc(-n2c3ccccc3c3c(-n4c5ccccc5c5ccccc54)cccc32)cc(-n2c3ccccc3c3c(-n4c5ccccc5c5ccccc54)cccc32)c1. The highest BCUT2D eigenvalue weighted by Crippen LogP contribution is 2.42. The van der Waals surface area contributed by atoms with Gasteiger partial charge in [-0.2, -0.15) is 0 Å². The standard InChI is InChI=1S/C54H34N4/c1-7-24-43-37(18-1)38-19-2-8-25-44(38)57(43)51-32-14-30-49-53(51)41-22-5-11-28-47(41)55(49)35-16-13-17-36(34-35)56-48-29-12-6-23-42(48)54-50(56)31-15-33-52(54)58-45-26-9-3-20-39(45)40-21-4-10-27-46(40)58/h1-34H. The maximum Gasteiger partial charge on any atom is 0.0562 e. The van der Waals surface area contributed by atoms with E-state index in [-0.39, 0.29) is 0 Å². The Morgan fingerprint density at radius 1 is 0.207 bits per heavy atom. The van der Waals surface area contributed by atoms with Gasteiger partial charge in [-0.25, -0.2) is 0 Å². The molecule has 270 valence electrons. The van der Waals surface area contributed by atoms with Crippen LogP contribution in [0.3, 0.4) is 0 Å². The van der Waals surface area contributed by atoms with Gasteiger partial charge in [-0.15, -0.1) is 0 Å². The predicted octanol–water partition coefficient (Wildman–Crippen LogP) is 14.1. The summed E-state index contributed by atoms with van der Waals surface area (Å²) >= 11 is 0. The van der Waals surface area contributed by atoms with E-state index in [2.05, 4.69) is 225 Å². The molecule has 58 heavy (non-hydrogen) atoms. The van der Waals surface area contributed by atoms with Crippen molar-refractivity contribution in [3.05, 3.63) is 206 Å². The summed E-state index contributed by atoms with van der Waals surface area (Å²) in [5, 5.41) is 9.99. The van der Waals surface area contributed by atoms with Gasteiger partial charge >= 0.3 is 0 Å². The molecular formula is C54H34N4.